The molecule has 2 aromatic carbocycles. The number of hydrogen-bond acceptors (Lipinski definition) is 3. The smallest absolute Gasteiger partial charge is 0.103 e. The van der Waals surface area contributed by atoms with Crippen molar-refractivity contribution in [3.8, 4) is 6.07 Å². The quantitative estimate of drug-likeness (QED) is 0.631. The summed E-state index contributed by atoms with van der Waals surface area (Å²) in [5, 5.41) is 13.9. The lowest BCUT2D eigenvalue weighted by Gasteiger charge is -2.13. The minimum absolute atomic E-state index is 0. The number of halogens is 1. The number of nitrogens with one attached hydrogen (secondary N) is 1. The van der Waals surface area contributed by atoms with Gasteiger partial charge in [0.2, 0.25) is 0 Å². The molecule has 0 atom stereocenters. The summed E-state index contributed by atoms with van der Waals surface area (Å²) in [7, 11) is 0. The minimum Gasteiger partial charge on any atom is -0.354 e. The van der Waals surface area contributed by atoms with Crippen LogP contribution in [0, 0.1) is 11.3 Å². The summed E-state index contributed by atoms with van der Waals surface area (Å²) in [5.74, 6) is 0.502. The Kier molecular flexibility index (Phi) is 6.01. The molecule has 0 fully saturated rings. The van der Waals surface area contributed by atoms with Crippen molar-refractivity contribution in [2.45, 2.75) is 33.1 Å². The Morgan fingerprint density at radius 2 is 1.84 bits per heavy atom. The van der Waals surface area contributed by atoms with Gasteiger partial charge in [0.25, 0.3) is 0 Å². The summed E-state index contributed by atoms with van der Waals surface area (Å²) in [5.41, 5.74) is 5.79. The first kappa shape index (κ1) is 18.8. The second-order valence-electron chi connectivity index (χ2n) is 6.27. The maximum atomic E-state index is 9.47. The lowest BCUT2D eigenvalue weighted by atomic mass is 10.0. The second-order valence-corrected chi connectivity index (χ2v) is 6.27. The van der Waals surface area contributed by atoms with Gasteiger partial charge in [-0.1, -0.05) is 39.0 Å². The fourth-order valence-corrected chi connectivity index (χ4v) is 2.77. The van der Waals surface area contributed by atoms with Crippen LogP contribution in [0.3, 0.4) is 0 Å². The molecule has 128 valence electrons. The SMILES string of the molecule is CCc1ccc2ncc(C#N)c(Nc3ccc(C(C)C)cc3)c2c1.Cl. The summed E-state index contributed by atoms with van der Waals surface area (Å²) >= 11 is 0. The third-order valence-corrected chi connectivity index (χ3v) is 4.31. The van der Waals surface area contributed by atoms with Crippen LogP contribution in [0.15, 0.2) is 48.7 Å². The van der Waals surface area contributed by atoms with Crippen LogP contribution < -0.4 is 5.32 Å². The predicted molar refractivity (Wildman–Crippen MR) is 107 cm³/mol. The highest BCUT2D eigenvalue weighted by Gasteiger charge is 2.10. The average Bonchev–Trinajstić information content (AvgIpc) is 2.62. The van der Waals surface area contributed by atoms with Gasteiger partial charge in [0.15, 0.2) is 0 Å². The highest BCUT2D eigenvalue weighted by atomic mass is 35.5. The summed E-state index contributed by atoms with van der Waals surface area (Å²) in [6.07, 6.45) is 2.59. The Hall–Kier alpha value is -2.57. The number of nitriles is 1. The van der Waals surface area contributed by atoms with Crippen molar-refractivity contribution in [1.82, 2.24) is 4.98 Å². The maximum absolute atomic E-state index is 9.47. The average molecular weight is 352 g/mol. The summed E-state index contributed by atoms with van der Waals surface area (Å²) in [6, 6.07) is 16.8. The monoisotopic (exact) mass is 351 g/mol. The Morgan fingerprint density at radius 3 is 2.44 bits per heavy atom. The fraction of sp³-hybridized carbons (Fsp3) is 0.238. The molecule has 25 heavy (non-hydrogen) atoms. The molecule has 0 unspecified atom stereocenters. The number of aryl methyl sites for hydroxylation is 1. The van der Waals surface area contributed by atoms with Crippen LogP contribution in [0.5, 0.6) is 0 Å². The molecule has 3 nitrogen and oxygen atoms in total. The minimum atomic E-state index is 0. The zero-order valence-corrected chi connectivity index (χ0v) is 15.5. The number of hydrogen-bond donors (Lipinski definition) is 1. The molecule has 0 bridgehead atoms. The Bertz CT molecular complexity index is 909. The number of rotatable bonds is 4. The molecule has 0 radical (unpaired) electrons. The molecule has 0 aliphatic heterocycles. The third kappa shape index (κ3) is 3.92. The van der Waals surface area contributed by atoms with Crippen LogP contribution in [0.25, 0.3) is 10.9 Å². The number of pyridine rings is 1. The van der Waals surface area contributed by atoms with Crippen LogP contribution >= 0.6 is 12.4 Å². The van der Waals surface area contributed by atoms with E-state index in [1.54, 1.807) is 6.20 Å². The summed E-state index contributed by atoms with van der Waals surface area (Å²) in [6.45, 7) is 6.48. The number of benzene rings is 2. The zero-order chi connectivity index (χ0) is 17.1. The van der Waals surface area contributed by atoms with Crippen molar-refractivity contribution in [1.29, 1.82) is 5.26 Å². The molecular weight excluding hydrogens is 330 g/mol. The molecule has 1 N–H and O–H groups in total. The number of aromatic nitrogens is 1. The van der Waals surface area contributed by atoms with Crippen molar-refractivity contribution in [2.75, 3.05) is 5.32 Å². The van der Waals surface area contributed by atoms with Crippen LogP contribution in [-0.4, -0.2) is 4.98 Å². The van der Waals surface area contributed by atoms with Gasteiger partial charge in [-0.3, -0.25) is 4.98 Å². The molecule has 0 aliphatic rings. The molecular formula is C21H22ClN3. The van der Waals surface area contributed by atoms with E-state index >= 15 is 0 Å². The van der Waals surface area contributed by atoms with Gasteiger partial charge in [0.05, 0.1) is 16.8 Å². The molecule has 0 saturated carbocycles. The van der Waals surface area contributed by atoms with E-state index in [9.17, 15) is 5.26 Å². The fourth-order valence-electron chi connectivity index (χ4n) is 2.77. The molecule has 0 saturated heterocycles. The van der Waals surface area contributed by atoms with Crippen molar-refractivity contribution < 1.29 is 0 Å². The number of fused-ring (bicyclic) bond motifs is 1. The van der Waals surface area contributed by atoms with E-state index in [2.05, 4.69) is 73.5 Å². The van der Waals surface area contributed by atoms with E-state index in [1.807, 2.05) is 6.07 Å². The normalized spacial score (nSPS) is 10.4. The van der Waals surface area contributed by atoms with Gasteiger partial charge >= 0.3 is 0 Å². The van der Waals surface area contributed by atoms with Crippen LogP contribution in [-0.2, 0) is 6.42 Å². The highest BCUT2D eigenvalue weighted by molar-refractivity contribution is 5.96. The van der Waals surface area contributed by atoms with Gasteiger partial charge in [-0.2, -0.15) is 5.26 Å². The Morgan fingerprint density at radius 1 is 1.12 bits per heavy atom. The van der Waals surface area contributed by atoms with Crippen molar-refractivity contribution >= 4 is 34.7 Å². The Labute approximate surface area is 155 Å². The molecule has 1 aromatic heterocycles. The summed E-state index contributed by atoms with van der Waals surface area (Å²) < 4.78 is 0. The first-order chi connectivity index (χ1) is 11.6. The highest BCUT2D eigenvalue weighted by Crippen LogP contribution is 2.30. The van der Waals surface area contributed by atoms with Gasteiger partial charge in [-0.15, -0.1) is 12.4 Å². The van der Waals surface area contributed by atoms with Gasteiger partial charge in [0, 0.05) is 17.3 Å². The largest absolute Gasteiger partial charge is 0.354 e. The topological polar surface area (TPSA) is 48.7 Å². The molecule has 3 rings (SSSR count). The molecule has 0 spiro atoms. The van der Waals surface area contributed by atoms with E-state index < -0.39 is 0 Å². The molecule has 1 heterocycles. The van der Waals surface area contributed by atoms with Crippen molar-refractivity contribution in [3.05, 3.63) is 65.4 Å². The van der Waals surface area contributed by atoms with E-state index in [0.717, 1.165) is 28.7 Å². The first-order valence-corrected chi connectivity index (χ1v) is 8.31. The third-order valence-electron chi connectivity index (χ3n) is 4.31. The number of anilines is 2. The maximum Gasteiger partial charge on any atom is 0.103 e. The van der Waals surface area contributed by atoms with E-state index in [1.165, 1.54) is 11.1 Å². The second kappa shape index (κ2) is 8.00. The number of nitrogens with zero attached hydrogens (tertiary/aromatic N) is 2. The van der Waals surface area contributed by atoms with Crippen LogP contribution in [0.4, 0.5) is 11.4 Å². The van der Waals surface area contributed by atoms with Gasteiger partial charge in [-0.05, 0) is 47.7 Å². The molecule has 0 amide bonds. The van der Waals surface area contributed by atoms with Crippen molar-refractivity contribution in [3.63, 3.8) is 0 Å². The zero-order valence-electron chi connectivity index (χ0n) is 14.7. The van der Waals surface area contributed by atoms with Gasteiger partial charge in [0.1, 0.15) is 6.07 Å². The summed E-state index contributed by atoms with van der Waals surface area (Å²) in [4.78, 5) is 4.40. The van der Waals surface area contributed by atoms with E-state index in [0.29, 0.717) is 11.5 Å². The van der Waals surface area contributed by atoms with Crippen LogP contribution in [0.1, 0.15) is 43.4 Å². The van der Waals surface area contributed by atoms with Gasteiger partial charge < -0.3 is 5.32 Å². The van der Waals surface area contributed by atoms with Gasteiger partial charge in [-0.25, -0.2) is 0 Å². The van der Waals surface area contributed by atoms with E-state index in [4.69, 9.17) is 0 Å². The molecule has 4 heteroatoms. The van der Waals surface area contributed by atoms with E-state index in [-0.39, 0.29) is 12.4 Å². The lowest BCUT2D eigenvalue weighted by molar-refractivity contribution is 0.867. The molecule has 3 aromatic rings. The Balaban J connectivity index is 0.00000225. The standard InChI is InChI=1S/C21H21N3.ClH/c1-4-15-5-10-20-19(11-15)21(17(12-22)13-23-20)24-18-8-6-16(7-9-18)14(2)3;/h5-11,13-14H,4H2,1-3H3,(H,23,24);1H. The molecule has 0 aliphatic carbocycles. The van der Waals surface area contributed by atoms with Crippen molar-refractivity contribution in [2.24, 2.45) is 0 Å². The first-order valence-electron chi connectivity index (χ1n) is 8.31. The predicted octanol–water partition coefficient (Wildman–Crippen LogP) is 5.96. The lowest BCUT2D eigenvalue weighted by Crippen LogP contribution is -1.98. The van der Waals surface area contributed by atoms with Crippen LogP contribution in [0.2, 0.25) is 0 Å².